The van der Waals surface area contributed by atoms with E-state index < -0.39 is 0 Å². The van der Waals surface area contributed by atoms with Crippen molar-refractivity contribution in [1.29, 1.82) is 0 Å². The zero-order valence-electron chi connectivity index (χ0n) is 15.2. The monoisotopic (exact) mass is 386 g/mol. The number of rotatable bonds is 8. The van der Waals surface area contributed by atoms with Crippen LogP contribution in [0.4, 0.5) is 0 Å². The van der Waals surface area contributed by atoms with E-state index in [9.17, 15) is 9.59 Å². The van der Waals surface area contributed by atoms with E-state index in [1.54, 1.807) is 7.11 Å². The Morgan fingerprint density at radius 1 is 1.04 bits per heavy atom. The average molecular weight is 387 g/mol. The second kappa shape index (κ2) is 8.91. The van der Waals surface area contributed by atoms with Crippen LogP contribution in [0.25, 0.3) is 0 Å². The summed E-state index contributed by atoms with van der Waals surface area (Å²) in [5, 5.41) is 6.51. The molecule has 27 heavy (non-hydrogen) atoms. The number of carbonyl (C=O) groups excluding carboxylic acids is 2. The van der Waals surface area contributed by atoms with E-state index in [0.29, 0.717) is 24.5 Å². The third-order valence-electron chi connectivity index (χ3n) is 4.74. The van der Waals surface area contributed by atoms with Gasteiger partial charge in [0.15, 0.2) is 0 Å². The lowest BCUT2D eigenvalue weighted by atomic mass is 10.1. The van der Waals surface area contributed by atoms with Gasteiger partial charge in [0, 0.05) is 23.7 Å². The van der Waals surface area contributed by atoms with Gasteiger partial charge in [0.05, 0.1) is 18.9 Å². The predicted molar refractivity (Wildman–Crippen MR) is 105 cm³/mol. The highest BCUT2D eigenvalue weighted by molar-refractivity contribution is 6.30. The van der Waals surface area contributed by atoms with E-state index in [1.165, 1.54) is 0 Å². The highest BCUT2D eigenvalue weighted by atomic mass is 35.5. The molecule has 2 atom stereocenters. The Hall–Kier alpha value is -2.53. The van der Waals surface area contributed by atoms with Crippen molar-refractivity contribution < 1.29 is 14.3 Å². The molecule has 0 saturated heterocycles. The van der Waals surface area contributed by atoms with Crippen LogP contribution in [0.1, 0.15) is 17.5 Å². The standard InChI is InChI=1S/C21H23ClN2O3/c1-27-19-5-3-2-4-15(19)13-24-21(26)18-12-17(18)20(25)23-11-10-14-6-8-16(22)9-7-14/h2-9,17-18H,10-13H2,1H3,(H,23,25)(H,24,26). The zero-order chi connectivity index (χ0) is 19.2. The quantitative estimate of drug-likeness (QED) is 0.733. The first-order valence-electron chi connectivity index (χ1n) is 9.00. The Labute approximate surface area is 164 Å². The van der Waals surface area contributed by atoms with Crippen LogP contribution in [0.5, 0.6) is 5.75 Å². The van der Waals surface area contributed by atoms with Crippen LogP contribution in [0, 0.1) is 11.8 Å². The molecule has 1 aliphatic rings. The first-order valence-corrected chi connectivity index (χ1v) is 9.38. The van der Waals surface area contributed by atoms with Crippen LogP contribution in [0.3, 0.4) is 0 Å². The largest absolute Gasteiger partial charge is 0.496 e. The average Bonchev–Trinajstić information content (AvgIpc) is 3.49. The van der Waals surface area contributed by atoms with E-state index in [0.717, 1.165) is 23.3 Å². The lowest BCUT2D eigenvalue weighted by Crippen LogP contribution is -2.31. The molecule has 0 radical (unpaired) electrons. The van der Waals surface area contributed by atoms with Gasteiger partial charge >= 0.3 is 0 Å². The van der Waals surface area contributed by atoms with Crippen LogP contribution in [0.2, 0.25) is 5.02 Å². The molecule has 5 nitrogen and oxygen atoms in total. The third kappa shape index (κ3) is 5.23. The fraction of sp³-hybridized carbons (Fsp3) is 0.333. The number of nitrogens with one attached hydrogen (secondary N) is 2. The lowest BCUT2D eigenvalue weighted by Gasteiger charge is -2.09. The molecule has 0 spiro atoms. The Morgan fingerprint density at radius 3 is 2.41 bits per heavy atom. The molecule has 6 heteroatoms. The van der Waals surface area contributed by atoms with E-state index in [-0.39, 0.29) is 23.7 Å². The van der Waals surface area contributed by atoms with E-state index in [4.69, 9.17) is 16.3 Å². The fourth-order valence-electron chi connectivity index (χ4n) is 3.05. The first-order chi connectivity index (χ1) is 13.1. The Balaban J connectivity index is 1.39. The number of hydrogen-bond donors (Lipinski definition) is 2. The van der Waals surface area contributed by atoms with Crippen molar-refractivity contribution in [2.45, 2.75) is 19.4 Å². The predicted octanol–water partition coefficient (Wildman–Crippen LogP) is 2.96. The molecule has 2 aromatic carbocycles. The summed E-state index contributed by atoms with van der Waals surface area (Å²) in [7, 11) is 1.60. The molecular weight excluding hydrogens is 364 g/mol. The summed E-state index contributed by atoms with van der Waals surface area (Å²) in [6.07, 6.45) is 1.34. The normalized spacial score (nSPS) is 17.9. The molecular formula is C21H23ClN2O3. The number of carbonyl (C=O) groups is 2. The molecule has 2 N–H and O–H groups in total. The molecule has 0 aromatic heterocycles. The van der Waals surface area contributed by atoms with Gasteiger partial charge in [-0.3, -0.25) is 9.59 Å². The van der Waals surface area contributed by atoms with Crippen molar-refractivity contribution >= 4 is 23.4 Å². The summed E-state index contributed by atoms with van der Waals surface area (Å²) in [5.41, 5.74) is 2.03. The van der Waals surface area contributed by atoms with Gasteiger partial charge < -0.3 is 15.4 Å². The summed E-state index contributed by atoms with van der Waals surface area (Å²) in [6, 6.07) is 15.1. The summed E-state index contributed by atoms with van der Waals surface area (Å²) in [5.74, 6) is 0.133. The maximum atomic E-state index is 12.3. The number of hydrogen-bond acceptors (Lipinski definition) is 3. The molecule has 2 unspecified atom stereocenters. The minimum Gasteiger partial charge on any atom is -0.496 e. The van der Waals surface area contributed by atoms with E-state index in [2.05, 4.69) is 10.6 Å². The lowest BCUT2D eigenvalue weighted by molar-refractivity contribution is -0.127. The Morgan fingerprint density at radius 2 is 1.70 bits per heavy atom. The van der Waals surface area contributed by atoms with Crippen LogP contribution in [-0.2, 0) is 22.6 Å². The fourth-order valence-corrected chi connectivity index (χ4v) is 3.18. The first kappa shape index (κ1) is 19.2. The molecule has 1 aliphatic carbocycles. The Bertz CT molecular complexity index is 807. The maximum Gasteiger partial charge on any atom is 0.224 e. The van der Waals surface area contributed by atoms with Crippen LogP contribution < -0.4 is 15.4 Å². The number of amides is 2. The minimum absolute atomic E-state index is 0.0543. The zero-order valence-corrected chi connectivity index (χ0v) is 16.0. The molecule has 2 aromatic rings. The second-order valence-electron chi connectivity index (χ2n) is 6.65. The van der Waals surface area contributed by atoms with Gasteiger partial charge in [-0.2, -0.15) is 0 Å². The number of halogens is 1. The topological polar surface area (TPSA) is 67.4 Å². The van der Waals surface area contributed by atoms with Gasteiger partial charge in [0.2, 0.25) is 11.8 Å². The summed E-state index contributed by atoms with van der Waals surface area (Å²) in [6.45, 7) is 0.941. The van der Waals surface area contributed by atoms with Gasteiger partial charge in [-0.15, -0.1) is 0 Å². The van der Waals surface area contributed by atoms with Gasteiger partial charge in [-0.1, -0.05) is 41.9 Å². The smallest absolute Gasteiger partial charge is 0.224 e. The van der Waals surface area contributed by atoms with Crippen molar-refractivity contribution in [3.63, 3.8) is 0 Å². The molecule has 0 aliphatic heterocycles. The summed E-state index contributed by atoms with van der Waals surface area (Å²) in [4.78, 5) is 24.5. The molecule has 0 bridgehead atoms. The Kier molecular flexibility index (Phi) is 6.35. The number of para-hydroxylation sites is 1. The molecule has 142 valence electrons. The number of methoxy groups -OCH3 is 1. The van der Waals surface area contributed by atoms with E-state index >= 15 is 0 Å². The molecule has 1 fully saturated rings. The highest BCUT2D eigenvalue weighted by Crippen LogP contribution is 2.38. The third-order valence-corrected chi connectivity index (χ3v) is 4.99. The van der Waals surface area contributed by atoms with Crippen molar-refractivity contribution in [2.24, 2.45) is 11.8 Å². The van der Waals surface area contributed by atoms with Gasteiger partial charge in [-0.25, -0.2) is 0 Å². The molecule has 3 rings (SSSR count). The summed E-state index contributed by atoms with van der Waals surface area (Å²) >= 11 is 5.86. The van der Waals surface area contributed by atoms with Crippen LogP contribution in [0.15, 0.2) is 48.5 Å². The summed E-state index contributed by atoms with van der Waals surface area (Å²) < 4.78 is 5.28. The van der Waals surface area contributed by atoms with Gasteiger partial charge in [-0.05, 0) is 36.6 Å². The van der Waals surface area contributed by atoms with E-state index in [1.807, 2.05) is 48.5 Å². The molecule has 1 saturated carbocycles. The van der Waals surface area contributed by atoms with Crippen molar-refractivity contribution in [1.82, 2.24) is 10.6 Å². The number of benzene rings is 2. The van der Waals surface area contributed by atoms with Crippen molar-refractivity contribution in [3.05, 3.63) is 64.7 Å². The second-order valence-corrected chi connectivity index (χ2v) is 7.08. The highest BCUT2D eigenvalue weighted by Gasteiger charge is 2.47. The van der Waals surface area contributed by atoms with Crippen molar-refractivity contribution in [2.75, 3.05) is 13.7 Å². The van der Waals surface area contributed by atoms with Gasteiger partial charge in [0.1, 0.15) is 5.75 Å². The molecule has 2 amide bonds. The van der Waals surface area contributed by atoms with Gasteiger partial charge in [0.25, 0.3) is 0 Å². The SMILES string of the molecule is COc1ccccc1CNC(=O)C1CC1C(=O)NCCc1ccc(Cl)cc1. The molecule has 0 heterocycles. The maximum absolute atomic E-state index is 12.3. The van der Waals surface area contributed by atoms with Crippen LogP contribution >= 0.6 is 11.6 Å². The van der Waals surface area contributed by atoms with Crippen LogP contribution in [-0.4, -0.2) is 25.5 Å². The van der Waals surface area contributed by atoms with Crippen molar-refractivity contribution in [3.8, 4) is 5.75 Å². The minimum atomic E-state index is -0.241. The number of ether oxygens (including phenoxy) is 1.